The molecular formula is C17H21N3. The van der Waals surface area contributed by atoms with E-state index in [0.29, 0.717) is 5.92 Å². The van der Waals surface area contributed by atoms with Gasteiger partial charge in [-0.25, -0.2) is 9.97 Å². The highest BCUT2D eigenvalue weighted by molar-refractivity contribution is 5.64. The molecule has 2 aromatic rings. The number of aromatic nitrogens is 2. The maximum Gasteiger partial charge on any atom is 0.134 e. The van der Waals surface area contributed by atoms with Crippen molar-refractivity contribution in [2.45, 2.75) is 39.5 Å². The number of hydrogen-bond donors (Lipinski definition) is 1. The average molecular weight is 267 g/mol. The van der Waals surface area contributed by atoms with Gasteiger partial charge in [0.25, 0.3) is 0 Å². The summed E-state index contributed by atoms with van der Waals surface area (Å²) < 4.78 is 0. The molecule has 1 heterocycles. The molecule has 3 nitrogen and oxygen atoms in total. The number of hydrogen-bond acceptors (Lipinski definition) is 3. The molecule has 1 saturated carbocycles. The standard InChI is InChI=1S/C17H21N3/c1-4-18-16-10-15(19-17(20-16)13-7-8-13)14-6-5-11(2)12(3)9-14/h5-6,9-10,13H,4,7-8H2,1-3H3,(H,18,19,20). The van der Waals surface area contributed by atoms with E-state index in [1.165, 1.54) is 29.5 Å². The molecule has 0 bridgehead atoms. The molecule has 1 aliphatic rings. The molecule has 20 heavy (non-hydrogen) atoms. The van der Waals surface area contributed by atoms with Crippen molar-refractivity contribution in [1.82, 2.24) is 9.97 Å². The first-order chi connectivity index (χ1) is 9.67. The van der Waals surface area contributed by atoms with Crippen LogP contribution in [0.25, 0.3) is 11.3 Å². The quantitative estimate of drug-likeness (QED) is 0.907. The van der Waals surface area contributed by atoms with Crippen molar-refractivity contribution < 1.29 is 0 Å². The number of nitrogens with one attached hydrogen (secondary N) is 1. The normalized spacial score (nSPS) is 14.3. The molecule has 0 spiro atoms. The Labute approximate surface area is 120 Å². The van der Waals surface area contributed by atoms with Crippen molar-refractivity contribution in [3.63, 3.8) is 0 Å². The highest BCUT2D eigenvalue weighted by Gasteiger charge is 2.27. The predicted molar refractivity (Wildman–Crippen MR) is 83.1 cm³/mol. The molecule has 104 valence electrons. The minimum absolute atomic E-state index is 0.568. The van der Waals surface area contributed by atoms with Crippen LogP contribution in [0.4, 0.5) is 5.82 Å². The topological polar surface area (TPSA) is 37.8 Å². The fourth-order valence-electron chi connectivity index (χ4n) is 2.31. The maximum atomic E-state index is 4.77. The second kappa shape index (κ2) is 5.23. The van der Waals surface area contributed by atoms with Crippen LogP contribution >= 0.6 is 0 Å². The van der Waals surface area contributed by atoms with Gasteiger partial charge in [-0.2, -0.15) is 0 Å². The maximum absolute atomic E-state index is 4.77. The van der Waals surface area contributed by atoms with E-state index in [-0.39, 0.29) is 0 Å². The van der Waals surface area contributed by atoms with E-state index in [4.69, 9.17) is 4.98 Å². The third-order valence-corrected chi connectivity index (χ3v) is 3.85. The average Bonchev–Trinajstić information content (AvgIpc) is 3.26. The van der Waals surface area contributed by atoms with Gasteiger partial charge < -0.3 is 5.32 Å². The van der Waals surface area contributed by atoms with Crippen LogP contribution in [0.1, 0.15) is 42.6 Å². The molecule has 0 atom stereocenters. The molecule has 0 radical (unpaired) electrons. The number of aryl methyl sites for hydroxylation is 2. The third-order valence-electron chi connectivity index (χ3n) is 3.85. The van der Waals surface area contributed by atoms with Gasteiger partial charge in [-0.05, 0) is 50.8 Å². The lowest BCUT2D eigenvalue weighted by atomic mass is 10.0. The SMILES string of the molecule is CCNc1cc(-c2ccc(C)c(C)c2)nc(C2CC2)n1. The molecule has 3 rings (SSSR count). The predicted octanol–water partition coefficient (Wildman–Crippen LogP) is 4.07. The lowest BCUT2D eigenvalue weighted by molar-refractivity contribution is 0.927. The summed E-state index contributed by atoms with van der Waals surface area (Å²) in [5, 5.41) is 3.32. The van der Waals surface area contributed by atoms with Crippen LogP contribution in [-0.2, 0) is 0 Å². The van der Waals surface area contributed by atoms with E-state index in [0.717, 1.165) is 23.9 Å². The van der Waals surface area contributed by atoms with Gasteiger partial charge >= 0.3 is 0 Å². The molecule has 1 aromatic carbocycles. The van der Waals surface area contributed by atoms with E-state index in [2.05, 4.69) is 55.3 Å². The van der Waals surface area contributed by atoms with E-state index in [1.807, 2.05) is 0 Å². The van der Waals surface area contributed by atoms with Crippen molar-refractivity contribution in [2.75, 3.05) is 11.9 Å². The van der Waals surface area contributed by atoms with Gasteiger partial charge in [0.2, 0.25) is 0 Å². The summed E-state index contributed by atoms with van der Waals surface area (Å²) in [7, 11) is 0. The highest BCUT2D eigenvalue weighted by Crippen LogP contribution is 2.39. The smallest absolute Gasteiger partial charge is 0.134 e. The van der Waals surface area contributed by atoms with Crippen LogP contribution in [0, 0.1) is 13.8 Å². The zero-order valence-electron chi connectivity index (χ0n) is 12.4. The fraction of sp³-hybridized carbons (Fsp3) is 0.412. The van der Waals surface area contributed by atoms with Gasteiger partial charge in [0, 0.05) is 24.1 Å². The second-order valence-corrected chi connectivity index (χ2v) is 5.60. The Hall–Kier alpha value is -1.90. The molecule has 0 aliphatic heterocycles. The molecule has 1 aromatic heterocycles. The number of nitrogens with zero attached hydrogens (tertiary/aromatic N) is 2. The fourth-order valence-corrected chi connectivity index (χ4v) is 2.31. The molecule has 0 amide bonds. The minimum atomic E-state index is 0.568. The number of anilines is 1. The monoisotopic (exact) mass is 267 g/mol. The highest BCUT2D eigenvalue weighted by atomic mass is 15.0. The van der Waals surface area contributed by atoms with E-state index in [9.17, 15) is 0 Å². The summed E-state index contributed by atoms with van der Waals surface area (Å²) in [4.78, 5) is 9.40. The van der Waals surface area contributed by atoms with E-state index >= 15 is 0 Å². The Morgan fingerprint density at radius 2 is 1.90 bits per heavy atom. The zero-order valence-corrected chi connectivity index (χ0v) is 12.4. The zero-order chi connectivity index (χ0) is 14.1. The van der Waals surface area contributed by atoms with E-state index < -0.39 is 0 Å². The molecule has 3 heteroatoms. The van der Waals surface area contributed by atoms with Crippen molar-refractivity contribution >= 4 is 5.82 Å². The molecule has 1 aliphatic carbocycles. The van der Waals surface area contributed by atoms with Crippen molar-refractivity contribution in [1.29, 1.82) is 0 Å². The van der Waals surface area contributed by atoms with Crippen LogP contribution < -0.4 is 5.32 Å². The van der Waals surface area contributed by atoms with Gasteiger partial charge in [-0.15, -0.1) is 0 Å². The summed E-state index contributed by atoms with van der Waals surface area (Å²) in [5.74, 6) is 2.51. The van der Waals surface area contributed by atoms with Gasteiger partial charge in [-0.3, -0.25) is 0 Å². The number of benzene rings is 1. The summed E-state index contributed by atoms with van der Waals surface area (Å²) in [5.41, 5.74) is 4.83. The Morgan fingerprint density at radius 3 is 2.55 bits per heavy atom. The molecular weight excluding hydrogens is 246 g/mol. The van der Waals surface area contributed by atoms with Crippen LogP contribution in [0.2, 0.25) is 0 Å². The lowest BCUT2D eigenvalue weighted by Gasteiger charge is -2.10. The Bertz CT molecular complexity index is 630. The summed E-state index contributed by atoms with van der Waals surface area (Å²) >= 11 is 0. The van der Waals surface area contributed by atoms with Gasteiger partial charge in [0.1, 0.15) is 11.6 Å². The Balaban J connectivity index is 2.04. The summed E-state index contributed by atoms with van der Waals surface area (Å²) in [6.45, 7) is 7.26. The Morgan fingerprint density at radius 1 is 1.10 bits per heavy atom. The summed E-state index contributed by atoms with van der Waals surface area (Å²) in [6, 6.07) is 8.58. The van der Waals surface area contributed by atoms with Crippen LogP contribution in [0.3, 0.4) is 0 Å². The largest absolute Gasteiger partial charge is 0.370 e. The second-order valence-electron chi connectivity index (χ2n) is 5.60. The lowest BCUT2D eigenvalue weighted by Crippen LogP contribution is -2.04. The van der Waals surface area contributed by atoms with Crippen molar-refractivity contribution in [2.24, 2.45) is 0 Å². The molecule has 1 N–H and O–H groups in total. The van der Waals surface area contributed by atoms with E-state index in [1.54, 1.807) is 0 Å². The first-order valence-corrected chi connectivity index (χ1v) is 7.38. The molecule has 1 fully saturated rings. The number of rotatable bonds is 4. The molecule has 0 saturated heterocycles. The van der Waals surface area contributed by atoms with Gasteiger partial charge in [0.15, 0.2) is 0 Å². The van der Waals surface area contributed by atoms with Crippen molar-refractivity contribution in [3.05, 3.63) is 41.2 Å². The first-order valence-electron chi connectivity index (χ1n) is 7.38. The van der Waals surface area contributed by atoms with Crippen LogP contribution in [-0.4, -0.2) is 16.5 Å². The third kappa shape index (κ3) is 2.67. The van der Waals surface area contributed by atoms with Gasteiger partial charge in [-0.1, -0.05) is 12.1 Å². The van der Waals surface area contributed by atoms with Crippen LogP contribution in [0.5, 0.6) is 0 Å². The minimum Gasteiger partial charge on any atom is -0.370 e. The van der Waals surface area contributed by atoms with Crippen LogP contribution in [0.15, 0.2) is 24.3 Å². The summed E-state index contributed by atoms with van der Waals surface area (Å²) in [6.07, 6.45) is 2.45. The Kier molecular flexibility index (Phi) is 3.43. The van der Waals surface area contributed by atoms with Crippen molar-refractivity contribution in [3.8, 4) is 11.3 Å². The van der Waals surface area contributed by atoms with Gasteiger partial charge in [0.05, 0.1) is 5.69 Å². The molecule has 0 unspecified atom stereocenters. The first kappa shape index (κ1) is 13.1.